The van der Waals surface area contributed by atoms with Gasteiger partial charge in [0, 0.05) is 6.42 Å². The molecule has 8 heteroatoms. The van der Waals surface area contributed by atoms with Crippen molar-refractivity contribution in [2.24, 2.45) is 0 Å². The Hall–Kier alpha value is -3.39. The highest BCUT2D eigenvalue weighted by Crippen LogP contribution is 2.13. The number of hydrogen-bond acceptors (Lipinski definition) is 6. The normalized spacial score (nSPS) is 13.3. The summed E-state index contributed by atoms with van der Waals surface area (Å²) in [7, 11) is 0. The molecule has 0 unspecified atom stereocenters. The van der Waals surface area contributed by atoms with Crippen LogP contribution in [0.3, 0.4) is 0 Å². The zero-order valence-electron chi connectivity index (χ0n) is 22.0. The van der Waals surface area contributed by atoms with E-state index < -0.39 is 41.3 Å². The summed E-state index contributed by atoms with van der Waals surface area (Å²) >= 11 is 0. The number of amides is 2. The van der Waals surface area contributed by atoms with E-state index in [4.69, 9.17) is 14.2 Å². The third kappa shape index (κ3) is 11.4. The van der Waals surface area contributed by atoms with Gasteiger partial charge in [-0.15, -0.1) is 0 Å². The molecule has 2 aromatic carbocycles. The van der Waals surface area contributed by atoms with E-state index >= 15 is 0 Å². The van der Waals surface area contributed by atoms with Gasteiger partial charge in [-0.3, -0.25) is 4.79 Å². The van der Waals surface area contributed by atoms with Crippen molar-refractivity contribution in [1.29, 1.82) is 0 Å². The number of hydrogen-bond donors (Lipinski definition) is 2. The van der Waals surface area contributed by atoms with Gasteiger partial charge in [-0.25, -0.2) is 9.59 Å². The number of nitrogens with one attached hydrogen (secondary N) is 2. The number of ether oxygens (including phenoxy) is 3. The molecule has 0 saturated heterocycles. The number of benzene rings is 2. The van der Waals surface area contributed by atoms with Crippen LogP contribution in [0.25, 0.3) is 0 Å². The predicted octanol–water partition coefficient (Wildman–Crippen LogP) is 4.17. The van der Waals surface area contributed by atoms with Gasteiger partial charge in [-0.1, -0.05) is 60.7 Å². The molecule has 0 aliphatic carbocycles. The fraction of sp³-hybridized carbons (Fsp3) is 0.464. The molecule has 0 spiro atoms. The second-order valence-corrected chi connectivity index (χ2v) is 10.5. The quantitative estimate of drug-likeness (QED) is 0.477. The first kappa shape index (κ1) is 28.8. The van der Waals surface area contributed by atoms with Crippen LogP contribution in [-0.2, 0) is 36.8 Å². The molecular weight excluding hydrogens is 460 g/mol. The van der Waals surface area contributed by atoms with Gasteiger partial charge in [0.05, 0.1) is 12.2 Å². The van der Waals surface area contributed by atoms with Crippen LogP contribution in [0.15, 0.2) is 60.7 Å². The highest BCUT2D eigenvalue weighted by molar-refractivity contribution is 5.90. The van der Waals surface area contributed by atoms with E-state index in [2.05, 4.69) is 10.6 Å². The van der Waals surface area contributed by atoms with Gasteiger partial charge in [-0.05, 0) is 52.7 Å². The van der Waals surface area contributed by atoms with Gasteiger partial charge >= 0.3 is 12.1 Å². The maximum absolute atomic E-state index is 13.3. The molecule has 36 heavy (non-hydrogen) atoms. The van der Waals surface area contributed by atoms with Crippen LogP contribution >= 0.6 is 0 Å². The van der Waals surface area contributed by atoms with E-state index in [1.807, 2.05) is 81.4 Å². The standard InChI is InChI=1S/C28H38N2O6/c1-27(2,3)35-19-23(25(32)36-28(4,5)6)29-24(31)22(17-20-13-9-7-10-14-20)30-26(33)34-18-21-15-11-8-12-16-21/h7-16,22-23H,17-19H2,1-6H3,(H,29,31)(H,30,33)/t22-,23+/m1/s1. The van der Waals surface area contributed by atoms with Gasteiger partial charge in [-0.2, -0.15) is 0 Å². The molecule has 2 atom stereocenters. The van der Waals surface area contributed by atoms with E-state index in [0.29, 0.717) is 0 Å². The van der Waals surface area contributed by atoms with Gasteiger partial charge in [0.25, 0.3) is 0 Å². The Morgan fingerprint density at radius 2 is 1.31 bits per heavy atom. The Labute approximate surface area is 213 Å². The number of carbonyl (C=O) groups is 3. The van der Waals surface area contributed by atoms with Crippen molar-refractivity contribution in [3.05, 3.63) is 71.8 Å². The van der Waals surface area contributed by atoms with Gasteiger partial charge in [0.1, 0.15) is 18.2 Å². The fourth-order valence-electron chi connectivity index (χ4n) is 3.11. The van der Waals surface area contributed by atoms with E-state index in [1.165, 1.54) is 0 Å². The molecule has 0 heterocycles. The molecule has 2 amide bonds. The average Bonchev–Trinajstić information content (AvgIpc) is 2.79. The summed E-state index contributed by atoms with van der Waals surface area (Å²) in [6, 6.07) is 16.4. The molecular formula is C28H38N2O6. The lowest BCUT2D eigenvalue weighted by molar-refractivity contribution is -0.162. The number of rotatable bonds is 10. The third-order valence-electron chi connectivity index (χ3n) is 4.79. The Balaban J connectivity index is 2.15. The van der Waals surface area contributed by atoms with Crippen LogP contribution in [0.4, 0.5) is 4.79 Å². The molecule has 2 aromatic rings. The van der Waals surface area contributed by atoms with E-state index in [1.54, 1.807) is 20.8 Å². The third-order valence-corrected chi connectivity index (χ3v) is 4.79. The second kappa shape index (κ2) is 13.1. The molecule has 0 aliphatic heterocycles. The zero-order valence-corrected chi connectivity index (χ0v) is 22.0. The van der Waals surface area contributed by atoms with Crippen LogP contribution in [0.5, 0.6) is 0 Å². The van der Waals surface area contributed by atoms with Crippen molar-refractivity contribution in [1.82, 2.24) is 10.6 Å². The molecule has 0 fully saturated rings. The Kier molecular flexibility index (Phi) is 10.5. The highest BCUT2D eigenvalue weighted by Gasteiger charge is 2.31. The van der Waals surface area contributed by atoms with Gasteiger partial charge in [0.2, 0.25) is 5.91 Å². The summed E-state index contributed by atoms with van der Waals surface area (Å²) in [6.07, 6.45) is -0.538. The van der Waals surface area contributed by atoms with Crippen molar-refractivity contribution >= 4 is 18.0 Å². The lowest BCUT2D eigenvalue weighted by Gasteiger charge is -2.28. The molecule has 0 aliphatic rings. The Morgan fingerprint density at radius 3 is 1.83 bits per heavy atom. The largest absolute Gasteiger partial charge is 0.458 e. The zero-order chi connectivity index (χ0) is 26.8. The van der Waals surface area contributed by atoms with E-state index in [0.717, 1.165) is 11.1 Å². The lowest BCUT2D eigenvalue weighted by atomic mass is 10.0. The SMILES string of the molecule is CC(C)(C)OC[C@H](NC(=O)[C@@H](Cc1ccccc1)NC(=O)OCc1ccccc1)C(=O)OC(C)(C)C. The Morgan fingerprint density at radius 1 is 0.750 bits per heavy atom. The molecule has 2 N–H and O–H groups in total. The smallest absolute Gasteiger partial charge is 0.408 e. The minimum Gasteiger partial charge on any atom is -0.458 e. The minimum absolute atomic E-state index is 0.0618. The number of alkyl carbamates (subject to hydrolysis) is 1. The summed E-state index contributed by atoms with van der Waals surface area (Å²) in [5.74, 6) is -1.17. The van der Waals surface area contributed by atoms with Crippen LogP contribution in [0, 0.1) is 0 Å². The number of esters is 1. The van der Waals surface area contributed by atoms with Crippen molar-refractivity contribution < 1.29 is 28.6 Å². The van der Waals surface area contributed by atoms with Crippen molar-refractivity contribution in [3.63, 3.8) is 0 Å². The summed E-state index contributed by atoms with van der Waals surface area (Å²) < 4.78 is 16.6. The van der Waals surface area contributed by atoms with Crippen molar-refractivity contribution in [3.8, 4) is 0 Å². The molecule has 2 rings (SSSR count). The monoisotopic (exact) mass is 498 g/mol. The minimum atomic E-state index is -1.06. The molecule has 8 nitrogen and oxygen atoms in total. The molecule has 0 radical (unpaired) electrons. The van der Waals surface area contributed by atoms with Gasteiger partial charge in [0.15, 0.2) is 6.04 Å². The molecule has 196 valence electrons. The van der Waals surface area contributed by atoms with Crippen molar-refractivity contribution in [2.45, 2.75) is 77.9 Å². The first-order valence-electron chi connectivity index (χ1n) is 12.0. The lowest BCUT2D eigenvalue weighted by Crippen LogP contribution is -2.55. The summed E-state index contributed by atoms with van der Waals surface area (Å²) in [4.78, 5) is 38.7. The summed E-state index contributed by atoms with van der Waals surface area (Å²) in [5.41, 5.74) is 0.375. The molecule has 0 bridgehead atoms. The fourth-order valence-corrected chi connectivity index (χ4v) is 3.11. The Bertz CT molecular complexity index is 981. The summed E-state index contributed by atoms with van der Waals surface area (Å²) in [5, 5.41) is 5.34. The highest BCUT2D eigenvalue weighted by atomic mass is 16.6. The van der Waals surface area contributed by atoms with E-state index in [9.17, 15) is 14.4 Å². The first-order valence-corrected chi connectivity index (χ1v) is 12.0. The van der Waals surface area contributed by atoms with Gasteiger partial charge < -0.3 is 24.8 Å². The predicted molar refractivity (Wildman–Crippen MR) is 137 cm³/mol. The first-order chi connectivity index (χ1) is 16.8. The summed E-state index contributed by atoms with van der Waals surface area (Å²) in [6.45, 7) is 10.8. The molecule has 0 saturated carbocycles. The number of carbonyl (C=O) groups excluding carboxylic acids is 3. The topological polar surface area (TPSA) is 103 Å². The maximum atomic E-state index is 13.3. The van der Waals surface area contributed by atoms with Crippen molar-refractivity contribution in [2.75, 3.05) is 6.61 Å². The molecule has 0 aromatic heterocycles. The van der Waals surface area contributed by atoms with Crippen LogP contribution < -0.4 is 10.6 Å². The average molecular weight is 499 g/mol. The van der Waals surface area contributed by atoms with Crippen LogP contribution in [0.2, 0.25) is 0 Å². The van der Waals surface area contributed by atoms with E-state index in [-0.39, 0.29) is 19.6 Å². The second-order valence-electron chi connectivity index (χ2n) is 10.5. The maximum Gasteiger partial charge on any atom is 0.408 e. The van der Waals surface area contributed by atoms with Crippen LogP contribution in [0.1, 0.15) is 52.7 Å². The van der Waals surface area contributed by atoms with Crippen LogP contribution in [-0.4, -0.2) is 47.9 Å².